The Balaban J connectivity index is 0.00000200. The molecule has 0 unspecified atom stereocenters. The Morgan fingerprint density at radius 3 is 2.80 bits per heavy atom. The summed E-state index contributed by atoms with van der Waals surface area (Å²) < 4.78 is 0. The molecular weight excluding hydrogens is 294 g/mol. The molecule has 20 heavy (non-hydrogen) atoms. The van der Waals surface area contributed by atoms with Gasteiger partial charge in [-0.25, -0.2) is 4.98 Å². The first-order valence-corrected chi connectivity index (χ1v) is 7.04. The molecule has 0 atom stereocenters. The number of carbonyl (C=O) groups excluding carboxylic acids is 1. The van der Waals surface area contributed by atoms with Gasteiger partial charge >= 0.3 is 0 Å². The van der Waals surface area contributed by atoms with E-state index in [2.05, 4.69) is 30.2 Å². The van der Waals surface area contributed by atoms with Crippen LogP contribution in [-0.2, 0) is 6.54 Å². The topological polar surface area (TPSA) is 68.0 Å². The maximum absolute atomic E-state index is 12.0. The molecule has 0 bridgehead atoms. The van der Waals surface area contributed by atoms with E-state index in [0.717, 1.165) is 10.7 Å². The molecule has 0 aliphatic heterocycles. The van der Waals surface area contributed by atoms with E-state index in [-0.39, 0.29) is 18.3 Å². The van der Waals surface area contributed by atoms with Crippen molar-refractivity contribution in [3.05, 3.63) is 45.9 Å². The summed E-state index contributed by atoms with van der Waals surface area (Å²) in [5.74, 6) is 0.233. The number of hydrogen-bond acceptors (Lipinski definition) is 4. The minimum absolute atomic E-state index is 0. The van der Waals surface area contributed by atoms with Crippen molar-refractivity contribution < 1.29 is 4.79 Å². The highest BCUT2D eigenvalue weighted by atomic mass is 35.5. The molecule has 0 aliphatic carbocycles. The molecular formula is C14H18ClN3OS. The summed E-state index contributed by atoms with van der Waals surface area (Å²) >= 11 is 1.40. The third-order valence-corrected chi connectivity index (χ3v) is 3.64. The molecule has 1 aromatic heterocycles. The van der Waals surface area contributed by atoms with E-state index in [1.165, 1.54) is 16.9 Å². The van der Waals surface area contributed by atoms with Gasteiger partial charge in [0.05, 0.1) is 0 Å². The fourth-order valence-electron chi connectivity index (χ4n) is 1.68. The van der Waals surface area contributed by atoms with Gasteiger partial charge in [-0.3, -0.25) is 4.79 Å². The van der Waals surface area contributed by atoms with Crippen LogP contribution in [0.1, 0.15) is 40.8 Å². The molecule has 0 radical (unpaired) electrons. The number of rotatable bonds is 4. The van der Waals surface area contributed by atoms with Crippen LogP contribution >= 0.6 is 23.7 Å². The van der Waals surface area contributed by atoms with Gasteiger partial charge in [0.2, 0.25) is 0 Å². The van der Waals surface area contributed by atoms with Gasteiger partial charge in [-0.1, -0.05) is 26.0 Å². The fraction of sp³-hybridized carbons (Fsp3) is 0.286. The summed E-state index contributed by atoms with van der Waals surface area (Å²) in [6.07, 6.45) is 0. The van der Waals surface area contributed by atoms with Gasteiger partial charge in [0.25, 0.3) is 5.91 Å². The summed E-state index contributed by atoms with van der Waals surface area (Å²) in [5.41, 5.74) is 7.89. The van der Waals surface area contributed by atoms with Crippen LogP contribution in [0.25, 0.3) is 0 Å². The Hall–Kier alpha value is -1.43. The Morgan fingerprint density at radius 1 is 1.45 bits per heavy atom. The number of hydrogen-bond donors (Lipinski definition) is 2. The number of nitrogens with zero attached hydrogens (tertiary/aromatic N) is 1. The van der Waals surface area contributed by atoms with Crippen LogP contribution in [0.4, 0.5) is 5.69 Å². The van der Waals surface area contributed by atoms with Crippen LogP contribution in [0, 0.1) is 0 Å². The second-order valence-corrected chi connectivity index (χ2v) is 5.51. The lowest BCUT2D eigenvalue weighted by atomic mass is 10.0. The van der Waals surface area contributed by atoms with Crippen molar-refractivity contribution in [1.82, 2.24) is 4.98 Å². The standard InChI is InChI=1S/C14H17N3OS.ClH/c1-9(2)10-4-3-5-11(6-10)16-14(18)12-8-19-13(7-15)17-12;/h3-6,8-9H,7,15H2,1-2H3,(H,16,18);1H. The smallest absolute Gasteiger partial charge is 0.275 e. The van der Waals surface area contributed by atoms with E-state index < -0.39 is 0 Å². The van der Waals surface area contributed by atoms with Gasteiger partial charge in [-0.2, -0.15) is 0 Å². The maximum atomic E-state index is 12.0. The predicted molar refractivity (Wildman–Crippen MR) is 85.7 cm³/mol. The van der Waals surface area contributed by atoms with Crippen LogP contribution in [0.3, 0.4) is 0 Å². The first-order chi connectivity index (χ1) is 9.10. The molecule has 0 saturated heterocycles. The van der Waals surface area contributed by atoms with Crippen LogP contribution in [0.5, 0.6) is 0 Å². The number of thiazole rings is 1. The van der Waals surface area contributed by atoms with Crippen molar-refractivity contribution in [2.45, 2.75) is 26.3 Å². The lowest BCUT2D eigenvalue weighted by Crippen LogP contribution is -2.13. The molecule has 1 heterocycles. The number of nitrogens with one attached hydrogen (secondary N) is 1. The van der Waals surface area contributed by atoms with Crippen molar-refractivity contribution in [2.24, 2.45) is 5.73 Å². The maximum Gasteiger partial charge on any atom is 0.275 e. The molecule has 2 aromatic rings. The van der Waals surface area contributed by atoms with Crippen LogP contribution in [-0.4, -0.2) is 10.9 Å². The average molecular weight is 312 g/mol. The van der Waals surface area contributed by atoms with Gasteiger partial charge in [0, 0.05) is 17.6 Å². The first-order valence-electron chi connectivity index (χ1n) is 6.16. The normalized spacial score (nSPS) is 10.2. The molecule has 1 amide bonds. The van der Waals surface area contributed by atoms with Crippen molar-refractivity contribution in [3.8, 4) is 0 Å². The highest BCUT2D eigenvalue weighted by molar-refractivity contribution is 7.09. The molecule has 3 N–H and O–H groups in total. The monoisotopic (exact) mass is 311 g/mol. The average Bonchev–Trinajstić information content (AvgIpc) is 2.88. The zero-order valence-electron chi connectivity index (χ0n) is 11.4. The second kappa shape index (κ2) is 7.38. The zero-order chi connectivity index (χ0) is 13.8. The van der Waals surface area contributed by atoms with Gasteiger partial charge in [0.15, 0.2) is 0 Å². The number of anilines is 1. The molecule has 0 saturated carbocycles. The molecule has 6 heteroatoms. The number of aromatic nitrogens is 1. The second-order valence-electron chi connectivity index (χ2n) is 4.56. The summed E-state index contributed by atoms with van der Waals surface area (Å²) in [6, 6.07) is 7.85. The predicted octanol–water partition coefficient (Wildman–Crippen LogP) is 3.40. The van der Waals surface area contributed by atoms with Crippen molar-refractivity contribution in [3.63, 3.8) is 0 Å². The number of halogens is 1. The summed E-state index contributed by atoms with van der Waals surface area (Å²) in [7, 11) is 0. The summed E-state index contributed by atoms with van der Waals surface area (Å²) in [5, 5.41) is 5.35. The van der Waals surface area contributed by atoms with Gasteiger partial charge in [-0.15, -0.1) is 23.7 Å². The van der Waals surface area contributed by atoms with Crippen molar-refractivity contribution in [2.75, 3.05) is 5.32 Å². The molecule has 0 spiro atoms. The number of carbonyl (C=O) groups is 1. The van der Waals surface area contributed by atoms with Gasteiger partial charge < -0.3 is 11.1 Å². The SMILES string of the molecule is CC(C)c1cccc(NC(=O)c2csc(CN)n2)c1.Cl. The largest absolute Gasteiger partial charge is 0.325 e. The summed E-state index contributed by atoms with van der Waals surface area (Å²) in [6.45, 7) is 4.60. The molecule has 0 aliphatic rings. The molecule has 0 fully saturated rings. The van der Waals surface area contributed by atoms with Crippen molar-refractivity contribution in [1.29, 1.82) is 0 Å². The van der Waals surface area contributed by atoms with E-state index >= 15 is 0 Å². The Kier molecular flexibility index (Phi) is 6.13. The number of benzene rings is 1. The van der Waals surface area contributed by atoms with Crippen LogP contribution < -0.4 is 11.1 Å². The third kappa shape index (κ3) is 4.03. The van der Waals surface area contributed by atoms with E-state index in [1.54, 1.807) is 5.38 Å². The highest BCUT2D eigenvalue weighted by Crippen LogP contribution is 2.19. The minimum Gasteiger partial charge on any atom is -0.325 e. The van der Waals surface area contributed by atoms with E-state index in [9.17, 15) is 4.79 Å². The minimum atomic E-state index is -0.197. The lowest BCUT2D eigenvalue weighted by molar-refractivity contribution is 0.102. The first kappa shape index (κ1) is 16.6. The third-order valence-electron chi connectivity index (χ3n) is 2.77. The quantitative estimate of drug-likeness (QED) is 0.909. The van der Waals surface area contributed by atoms with Gasteiger partial charge in [0.1, 0.15) is 10.7 Å². The Bertz CT molecular complexity index is 583. The van der Waals surface area contributed by atoms with Crippen LogP contribution in [0.15, 0.2) is 29.6 Å². The van der Waals surface area contributed by atoms with Crippen molar-refractivity contribution >= 4 is 35.3 Å². The zero-order valence-corrected chi connectivity index (χ0v) is 13.1. The highest BCUT2D eigenvalue weighted by Gasteiger charge is 2.11. The number of amides is 1. The fourth-order valence-corrected chi connectivity index (χ4v) is 2.33. The Morgan fingerprint density at radius 2 is 2.20 bits per heavy atom. The lowest BCUT2D eigenvalue weighted by Gasteiger charge is -2.08. The molecule has 1 aromatic carbocycles. The van der Waals surface area contributed by atoms with Gasteiger partial charge in [-0.05, 0) is 23.6 Å². The molecule has 4 nitrogen and oxygen atoms in total. The van der Waals surface area contributed by atoms with E-state index in [1.807, 2.05) is 18.2 Å². The van der Waals surface area contributed by atoms with E-state index in [4.69, 9.17) is 5.73 Å². The summed E-state index contributed by atoms with van der Waals surface area (Å²) in [4.78, 5) is 16.2. The Labute approximate surface area is 128 Å². The molecule has 2 rings (SSSR count). The molecule has 108 valence electrons. The van der Waals surface area contributed by atoms with E-state index in [0.29, 0.717) is 18.2 Å². The van der Waals surface area contributed by atoms with Crippen LogP contribution in [0.2, 0.25) is 0 Å². The number of nitrogens with two attached hydrogens (primary N) is 1.